The first-order chi connectivity index (χ1) is 14.6. The van der Waals surface area contributed by atoms with Crippen LogP contribution >= 0.6 is 0 Å². The molecule has 152 valence electrons. The Bertz CT molecular complexity index is 1250. The SMILES string of the molecule is CCCCc1nc2c(-c3ccc(F)cc3)n[nH]c2c(=O)n1NC(=O)c1cccnc1. The smallest absolute Gasteiger partial charge is 0.270 e. The summed E-state index contributed by atoms with van der Waals surface area (Å²) in [6.07, 6.45) is 5.14. The van der Waals surface area contributed by atoms with E-state index >= 15 is 0 Å². The van der Waals surface area contributed by atoms with Gasteiger partial charge in [-0.3, -0.25) is 25.1 Å². The molecule has 0 radical (unpaired) electrons. The van der Waals surface area contributed by atoms with Crippen molar-refractivity contribution in [3.8, 4) is 11.3 Å². The summed E-state index contributed by atoms with van der Waals surface area (Å²) in [6, 6.07) is 9.04. The summed E-state index contributed by atoms with van der Waals surface area (Å²) >= 11 is 0. The van der Waals surface area contributed by atoms with Crippen LogP contribution < -0.4 is 11.0 Å². The number of nitrogens with one attached hydrogen (secondary N) is 2. The summed E-state index contributed by atoms with van der Waals surface area (Å²) in [6.45, 7) is 2.02. The van der Waals surface area contributed by atoms with Crippen molar-refractivity contribution in [2.24, 2.45) is 0 Å². The number of halogens is 1. The van der Waals surface area contributed by atoms with Crippen LogP contribution in [0.5, 0.6) is 0 Å². The van der Waals surface area contributed by atoms with Gasteiger partial charge in [-0.15, -0.1) is 0 Å². The Kier molecular flexibility index (Phi) is 5.34. The van der Waals surface area contributed by atoms with Gasteiger partial charge in [-0.05, 0) is 42.8 Å². The molecule has 0 bridgehead atoms. The number of rotatable bonds is 6. The highest BCUT2D eigenvalue weighted by Crippen LogP contribution is 2.24. The topological polar surface area (TPSA) is 106 Å². The molecule has 8 nitrogen and oxygen atoms in total. The lowest BCUT2D eigenvalue weighted by molar-refractivity contribution is 0.101. The molecule has 0 spiro atoms. The lowest BCUT2D eigenvalue weighted by Gasteiger charge is -2.13. The minimum absolute atomic E-state index is 0.154. The van der Waals surface area contributed by atoms with Crippen LogP contribution in [0.1, 0.15) is 35.9 Å². The molecule has 3 aromatic heterocycles. The largest absolute Gasteiger partial charge is 0.298 e. The van der Waals surface area contributed by atoms with E-state index in [9.17, 15) is 14.0 Å². The van der Waals surface area contributed by atoms with E-state index in [0.717, 1.165) is 17.5 Å². The molecule has 0 aliphatic heterocycles. The van der Waals surface area contributed by atoms with Crippen molar-refractivity contribution < 1.29 is 9.18 Å². The monoisotopic (exact) mass is 406 g/mol. The molecular formula is C21H19FN6O2. The average Bonchev–Trinajstić information content (AvgIpc) is 3.19. The Morgan fingerprint density at radius 2 is 2.03 bits per heavy atom. The minimum atomic E-state index is -0.470. The molecular weight excluding hydrogens is 387 g/mol. The standard InChI is InChI=1S/C21H19FN6O2/c1-2-3-6-16-24-18-17(13-7-9-15(22)10-8-13)25-26-19(18)21(30)28(16)27-20(29)14-5-4-11-23-12-14/h4-5,7-12H,2-3,6H2,1H3,(H,25,26)(H,27,29). The highest BCUT2D eigenvalue weighted by atomic mass is 19.1. The van der Waals surface area contributed by atoms with E-state index < -0.39 is 11.5 Å². The molecule has 0 atom stereocenters. The molecule has 3 heterocycles. The van der Waals surface area contributed by atoms with Crippen LogP contribution in [0.4, 0.5) is 4.39 Å². The predicted octanol–water partition coefficient (Wildman–Crippen LogP) is 3.05. The summed E-state index contributed by atoms with van der Waals surface area (Å²) in [5.41, 5.74) is 4.09. The van der Waals surface area contributed by atoms with Crippen molar-refractivity contribution in [3.05, 3.63) is 76.4 Å². The van der Waals surface area contributed by atoms with Crippen molar-refractivity contribution in [2.45, 2.75) is 26.2 Å². The number of H-pyrrole nitrogens is 1. The maximum Gasteiger partial charge on any atom is 0.298 e. The number of benzene rings is 1. The van der Waals surface area contributed by atoms with E-state index in [1.165, 1.54) is 18.3 Å². The van der Waals surface area contributed by atoms with Gasteiger partial charge in [0.05, 0.1) is 5.56 Å². The quantitative estimate of drug-likeness (QED) is 0.512. The van der Waals surface area contributed by atoms with E-state index in [1.54, 1.807) is 30.5 Å². The van der Waals surface area contributed by atoms with E-state index in [1.807, 2.05) is 6.92 Å². The first-order valence-corrected chi connectivity index (χ1v) is 9.55. The maximum atomic E-state index is 13.3. The maximum absolute atomic E-state index is 13.3. The fraction of sp³-hybridized carbons (Fsp3) is 0.190. The molecule has 0 unspecified atom stereocenters. The van der Waals surface area contributed by atoms with Gasteiger partial charge in [-0.25, -0.2) is 14.1 Å². The molecule has 9 heteroatoms. The number of aromatic nitrogens is 5. The third kappa shape index (κ3) is 3.69. The van der Waals surface area contributed by atoms with Gasteiger partial charge in [-0.2, -0.15) is 5.10 Å². The number of pyridine rings is 1. The van der Waals surface area contributed by atoms with E-state index in [4.69, 9.17) is 0 Å². The Balaban J connectivity index is 1.81. The predicted molar refractivity (Wildman–Crippen MR) is 110 cm³/mol. The van der Waals surface area contributed by atoms with Gasteiger partial charge in [-0.1, -0.05) is 13.3 Å². The third-order valence-corrected chi connectivity index (χ3v) is 4.67. The minimum Gasteiger partial charge on any atom is -0.270 e. The van der Waals surface area contributed by atoms with Crippen molar-refractivity contribution in [3.63, 3.8) is 0 Å². The van der Waals surface area contributed by atoms with Gasteiger partial charge >= 0.3 is 0 Å². The number of aromatic amines is 1. The Morgan fingerprint density at radius 3 is 2.73 bits per heavy atom. The second-order valence-electron chi connectivity index (χ2n) is 6.76. The fourth-order valence-corrected chi connectivity index (χ4v) is 3.09. The number of hydrogen-bond acceptors (Lipinski definition) is 5. The van der Waals surface area contributed by atoms with Crippen LogP contribution in [-0.4, -0.2) is 30.7 Å². The zero-order valence-corrected chi connectivity index (χ0v) is 16.2. The second-order valence-corrected chi connectivity index (χ2v) is 6.76. The van der Waals surface area contributed by atoms with Crippen molar-refractivity contribution in [1.29, 1.82) is 0 Å². The molecule has 1 amide bonds. The van der Waals surface area contributed by atoms with Crippen LogP contribution in [0.3, 0.4) is 0 Å². The zero-order valence-electron chi connectivity index (χ0n) is 16.2. The lowest BCUT2D eigenvalue weighted by atomic mass is 10.1. The summed E-state index contributed by atoms with van der Waals surface area (Å²) in [4.78, 5) is 34.3. The third-order valence-electron chi connectivity index (χ3n) is 4.67. The van der Waals surface area contributed by atoms with Crippen LogP contribution in [-0.2, 0) is 6.42 Å². The number of unbranched alkanes of at least 4 members (excludes halogenated alkanes) is 1. The van der Waals surface area contributed by atoms with Crippen LogP contribution in [0.15, 0.2) is 53.6 Å². The highest BCUT2D eigenvalue weighted by molar-refractivity contribution is 6.00. The van der Waals surface area contributed by atoms with Crippen molar-refractivity contribution in [2.75, 3.05) is 5.43 Å². The normalized spacial score (nSPS) is 11.0. The van der Waals surface area contributed by atoms with Crippen molar-refractivity contribution in [1.82, 2.24) is 24.8 Å². The van der Waals surface area contributed by atoms with E-state index in [0.29, 0.717) is 34.6 Å². The molecule has 30 heavy (non-hydrogen) atoms. The highest BCUT2D eigenvalue weighted by Gasteiger charge is 2.19. The second kappa shape index (κ2) is 8.24. The Labute approximate surface area is 170 Å². The molecule has 2 N–H and O–H groups in total. The van der Waals surface area contributed by atoms with Crippen molar-refractivity contribution >= 4 is 16.9 Å². The molecule has 0 aliphatic carbocycles. The molecule has 0 fully saturated rings. The molecule has 4 aromatic rings. The first-order valence-electron chi connectivity index (χ1n) is 9.55. The summed E-state index contributed by atoms with van der Waals surface area (Å²) < 4.78 is 14.4. The molecule has 0 saturated carbocycles. The van der Waals surface area contributed by atoms with Gasteiger partial charge < -0.3 is 0 Å². The van der Waals surface area contributed by atoms with E-state index in [-0.39, 0.29) is 11.3 Å². The molecule has 4 rings (SSSR count). The number of hydrogen-bond donors (Lipinski definition) is 2. The van der Waals surface area contributed by atoms with E-state index in [2.05, 4.69) is 25.6 Å². The lowest BCUT2D eigenvalue weighted by Crippen LogP contribution is -2.36. The van der Waals surface area contributed by atoms with Crippen LogP contribution in [0.2, 0.25) is 0 Å². The summed E-state index contributed by atoms with van der Waals surface area (Å²) in [5.74, 6) is -0.422. The molecule has 0 saturated heterocycles. The van der Waals surface area contributed by atoms with Gasteiger partial charge in [0.2, 0.25) is 0 Å². The van der Waals surface area contributed by atoms with Gasteiger partial charge in [0.15, 0.2) is 5.52 Å². The van der Waals surface area contributed by atoms with Crippen LogP contribution in [0, 0.1) is 5.82 Å². The number of carbonyl (C=O) groups excluding carboxylic acids is 1. The molecule has 1 aromatic carbocycles. The zero-order chi connectivity index (χ0) is 21.1. The Hall–Kier alpha value is -3.88. The number of fused-ring (bicyclic) bond motifs is 1. The van der Waals surface area contributed by atoms with Gasteiger partial charge in [0.25, 0.3) is 11.5 Å². The number of carbonyl (C=O) groups is 1. The summed E-state index contributed by atoms with van der Waals surface area (Å²) in [7, 11) is 0. The number of nitrogens with zero attached hydrogens (tertiary/aromatic N) is 4. The van der Waals surface area contributed by atoms with Gasteiger partial charge in [0, 0.05) is 24.4 Å². The first kappa shape index (κ1) is 19.4. The number of amides is 1. The van der Waals surface area contributed by atoms with Gasteiger partial charge in [0.1, 0.15) is 22.9 Å². The fourth-order valence-electron chi connectivity index (χ4n) is 3.09. The average molecular weight is 406 g/mol. The summed E-state index contributed by atoms with van der Waals surface area (Å²) in [5, 5.41) is 6.91. The number of aryl methyl sites for hydroxylation is 1. The Morgan fingerprint density at radius 1 is 1.23 bits per heavy atom. The van der Waals surface area contributed by atoms with Crippen LogP contribution in [0.25, 0.3) is 22.3 Å². The molecule has 0 aliphatic rings.